The summed E-state index contributed by atoms with van der Waals surface area (Å²) in [5, 5.41) is 5.49. The molecule has 0 spiro atoms. The van der Waals surface area contributed by atoms with E-state index in [0.29, 0.717) is 21.6 Å². The lowest BCUT2D eigenvalue weighted by atomic mass is 10.1. The van der Waals surface area contributed by atoms with E-state index in [1.165, 1.54) is 13.1 Å². The highest BCUT2D eigenvalue weighted by Gasteiger charge is 2.28. The normalized spacial score (nSPS) is 11.6. The highest BCUT2D eigenvalue weighted by Crippen LogP contribution is 2.25. The fraction of sp³-hybridized carbons (Fsp3) is 0.105. The van der Waals surface area contributed by atoms with E-state index in [4.69, 9.17) is 20.8 Å². The number of nitrogens with one attached hydrogen (secondary N) is 2. The number of urea groups is 1. The van der Waals surface area contributed by atoms with Gasteiger partial charge < -0.3 is 14.5 Å². The number of benzene rings is 2. The molecule has 0 aliphatic rings. The van der Waals surface area contributed by atoms with E-state index in [0.717, 1.165) is 0 Å². The third-order valence-corrected chi connectivity index (χ3v) is 3.94. The van der Waals surface area contributed by atoms with E-state index in [2.05, 4.69) is 10.6 Å². The number of rotatable bonds is 4. The van der Waals surface area contributed by atoms with Gasteiger partial charge in [0, 0.05) is 23.0 Å². The van der Waals surface area contributed by atoms with Crippen LogP contribution in [0.15, 0.2) is 59.0 Å². The van der Waals surface area contributed by atoms with E-state index < -0.39 is 24.0 Å². The molecule has 0 aliphatic carbocycles. The first-order valence-corrected chi connectivity index (χ1v) is 8.33. The Bertz CT molecular complexity index is 1000. The second kappa shape index (κ2) is 7.92. The van der Waals surface area contributed by atoms with Gasteiger partial charge in [-0.2, -0.15) is 0 Å². The Kier molecular flexibility index (Phi) is 5.42. The maximum atomic E-state index is 12.5. The Morgan fingerprint density at radius 2 is 1.81 bits per heavy atom. The first-order chi connectivity index (χ1) is 13.0. The molecule has 0 saturated heterocycles. The van der Waals surface area contributed by atoms with Crippen LogP contribution in [0.1, 0.15) is 22.2 Å². The second-order valence-corrected chi connectivity index (χ2v) is 5.99. The fourth-order valence-electron chi connectivity index (χ4n) is 2.42. The number of hydrogen-bond donors (Lipinski definition) is 2. The van der Waals surface area contributed by atoms with Gasteiger partial charge in [0.25, 0.3) is 5.91 Å². The van der Waals surface area contributed by atoms with Crippen LogP contribution >= 0.6 is 11.6 Å². The number of furan rings is 1. The SMILES string of the molecule is CNC(=O)NC(=O)C(OC(=O)c1cc2cc(Cl)ccc2o1)c1ccccc1. The molecule has 2 aromatic carbocycles. The highest BCUT2D eigenvalue weighted by molar-refractivity contribution is 6.31. The maximum absolute atomic E-state index is 12.5. The number of carbonyl (C=O) groups is 3. The quantitative estimate of drug-likeness (QED) is 0.669. The minimum absolute atomic E-state index is 0.0825. The van der Waals surface area contributed by atoms with Crippen molar-refractivity contribution in [2.45, 2.75) is 6.10 Å². The van der Waals surface area contributed by atoms with E-state index in [9.17, 15) is 14.4 Å². The van der Waals surface area contributed by atoms with E-state index >= 15 is 0 Å². The van der Waals surface area contributed by atoms with Crippen molar-refractivity contribution in [3.8, 4) is 0 Å². The lowest BCUT2D eigenvalue weighted by molar-refractivity contribution is -0.129. The van der Waals surface area contributed by atoms with Gasteiger partial charge >= 0.3 is 12.0 Å². The number of carbonyl (C=O) groups excluding carboxylic acids is 3. The Morgan fingerprint density at radius 1 is 1.07 bits per heavy atom. The summed E-state index contributed by atoms with van der Waals surface area (Å²) in [6.07, 6.45) is -1.33. The number of amides is 3. The molecular weight excluding hydrogens is 372 g/mol. The third kappa shape index (κ3) is 4.27. The van der Waals surface area contributed by atoms with Crippen LogP contribution in [-0.2, 0) is 9.53 Å². The molecule has 1 atom stereocenters. The maximum Gasteiger partial charge on any atom is 0.375 e. The third-order valence-electron chi connectivity index (χ3n) is 3.71. The summed E-state index contributed by atoms with van der Waals surface area (Å²) in [6, 6.07) is 14.0. The Hall–Kier alpha value is -3.32. The van der Waals surface area contributed by atoms with E-state index in [1.807, 2.05) is 0 Å². The van der Waals surface area contributed by atoms with Crippen molar-refractivity contribution >= 4 is 40.5 Å². The summed E-state index contributed by atoms with van der Waals surface area (Å²) in [5.41, 5.74) is 0.865. The van der Waals surface area contributed by atoms with Gasteiger partial charge in [-0.25, -0.2) is 9.59 Å². The molecule has 0 saturated carbocycles. The molecule has 0 aliphatic heterocycles. The van der Waals surface area contributed by atoms with Crippen LogP contribution in [0, 0.1) is 0 Å². The fourth-order valence-corrected chi connectivity index (χ4v) is 2.60. The molecule has 0 fully saturated rings. The smallest absolute Gasteiger partial charge is 0.375 e. The van der Waals surface area contributed by atoms with Gasteiger partial charge in [-0.15, -0.1) is 0 Å². The van der Waals surface area contributed by atoms with Crippen molar-refractivity contribution in [3.63, 3.8) is 0 Å². The van der Waals surface area contributed by atoms with Crippen LogP contribution < -0.4 is 10.6 Å². The molecule has 3 amide bonds. The summed E-state index contributed by atoms with van der Waals surface area (Å²) in [6.45, 7) is 0. The van der Waals surface area contributed by atoms with Crippen LogP contribution in [0.4, 0.5) is 4.79 Å². The number of ether oxygens (including phenoxy) is 1. The highest BCUT2D eigenvalue weighted by atomic mass is 35.5. The number of imide groups is 1. The lowest BCUT2D eigenvalue weighted by Crippen LogP contribution is -2.41. The van der Waals surface area contributed by atoms with Gasteiger partial charge in [0.05, 0.1) is 0 Å². The van der Waals surface area contributed by atoms with Crippen molar-refractivity contribution in [2.24, 2.45) is 0 Å². The molecule has 0 bridgehead atoms. The van der Waals surface area contributed by atoms with Crippen LogP contribution in [0.5, 0.6) is 0 Å². The Labute approximate surface area is 159 Å². The van der Waals surface area contributed by atoms with E-state index in [-0.39, 0.29) is 5.76 Å². The molecule has 2 N–H and O–H groups in total. The zero-order valence-electron chi connectivity index (χ0n) is 14.2. The largest absolute Gasteiger partial charge is 0.449 e. The average Bonchev–Trinajstić information content (AvgIpc) is 3.09. The lowest BCUT2D eigenvalue weighted by Gasteiger charge is -2.16. The number of halogens is 1. The van der Waals surface area contributed by atoms with Crippen LogP contribution in [0.2, 0.25) is 5.02 Å². The zero-order valence-corrected chi connectivity index (χ0v) is 14.9. The Balaban J connectivity index is 1.86. The van der Waals surface area contributed by atoms with Gasteiger partial charge in [-0.3, -0.25) is 10.1 Å². The summed E-state index contributed by atoms with van der Waals surface area (Å²) < 4.78 is 10.8. The molecule has 27 heavy (non-hydrogen) atoms. The van der Waals surface area contributed by atoms with Crippen LogP contribution in [0.3, 0.4) is 0 Å². The number of fused-ring (bicyclic) bond motifs is 1. The van der Waals surface area contributed by atoms with Crippen molar-refractivity contribution in [3.05, 3.63) is 70.9 Å². The first kappa shape index (κ1) is 18.5. The minimum atomic E-state index is -1.33. The molecule has 1 heterocycles. The Morgan fingerprint density at radius 3 is 2.52 bits per heavy atom. The van der Waals surface area contributed by atoms with Gasteiger partial charge in [0.2, 0.25) is 11.9 Å². The molecular formula is C19H15ClN2O5. The zero-order chi connectivity index (χ0) is 19.4. The molecule has 1 aromatic heterocycles. The van der Waals surface area contributed by atoms with Gasteiger partial charge in [-0.05, 0) is 24.3 Å². The standard InChI is InChI=1S/C19H15ClN2O5/c1-21-19(25)22-17(23)16(11-5-3-2-4-6-11)27-18(24)15-10-12-9-13(20)7-8-14(12)26-15/h2-10,16H,1H3,(H2,21,22,23,25). The second-order valence-electron chi connectivity index (χ2n) is 5.56. The van der Waals surface area contributed by atoms with E-state index in [1.54, 1.807) is 48.5 Å². The topological polar surface area (TPSA) is 97.6 Å². The van der Waals surface area contributed by atoms with Crippen molar-refractivity contribution in [2.75, 3.05) is 7.05 Å². The van der Waals surface area contributed by atoms with Crippen molar-refractivity contribution < 1.29 is 23.5 Å². The molecule has 3 rings (SSSR count). The molecule has 8 heteroatoms. The minimum Gasteiger partial charge on any atom is -0.449 e. The molecule has 3 aromatic rings. The molecule has 7 nitrogen and oxygen atoms in total. The molecule has 0 radical (unpaired) electrons. The van der Waals surface area contributed by atoms with Crippen molar-refractivity contribution in [1.82, 2.24) is 10.6 Å². The number of hydrogen-bond acceptors (Lipinski definition) is 5. The summed E-state index contributed by atoms with van der Waals surface area (Å²) in [5.74, 6) is -1.71. The summed E-state index contributed by atoms with van der Waals surface area (Å²) >= 11 is 5.93. The van der Waals surface area contributed by atoms with Crippen LogP contribution in [-0.4, -0.2) is 25.0 Å². The summed E-state index contributed by atoms with van der Waals surface area (Å²) in [4.78, 5) is 36.4. The number of esters is 1. The first-order valence-electron chi connectivity index (χ1n) is 7.95. The van der Waals surface area contributed by atoms with Gasteiger partial charge in [0.1, 0.15) is 5.58 Å². The monoisotopic (exact) mass is 386 g/mol. The van der Waals surface area contributed by atoms with Crippen LogP contribution in [0.25, 0.3) is 11.0 Å². The van der Waals surface area contributed by atoms with Crippen molar-refractivity contribution in [1.29, 1.82) is 0 Å². The molecule has 138 valence electrons. The average molecular weight is 387 g/mol. The van der Waals surface area contributed by atoms with Gasteiger partial charge in [-0.1, -0.05) is 41.9 Å². The van der Waals surface area contributed by atoms with Gasteiger partial charge in [0.15, 0.2) is 0 Å². The predicted molar refractivity (Wildman–Crippen MR) is 98.4 cm³/mol. The predicted octanol–water partition coefficient (Wildman–Crippen LogP) is 3.44. The molecule has 1 unspecified atom stereocenters. The summed E-state index contributed by atoms with van der Waals surface area (Å²) in [7, 11) is 1.37.